The third-order valence-corrected chi connectivity index (χ3v) is 3.31. The summed E-state index contributed by atoms with van der Waals surface area (Å²) in [5.41, 5.74) is 3.24. The van der Waals surface area contributed by atoms with Crippen molar-refractivity contribution in [2.45, 2.75) is 25.8 Å². The van der Waals surface area contributed by atoms with E-state index in [-0.39, 0.29) is 6.04 Å². The molecule has 0 heterocycles. The van der Waals surface area contributed by atoms with Crippen molar-refractivity contribution in [3.63, 3.8) is 0 Å². The van der Waals surface area contributed by atoms with Gasteiger partial charge in [-0.1, -0.05) is 6.92 Å². The van der Waals surface area contributed by atoms with Gasteiger partial charge in [-0.3, -0.25) is 11.3 Å². The van der Waals surface area contributed by atoms with Crippen LogP contribution in [0.25, 0.3) is 0 Å². The number of hydrogen-bond donors (Lipinski definition) is 2. The monoisotopic (exact) mass is 226 g/mol. The van der Waals surface area contributed by atoms with E-state index in [2.05, 4.69) is 12.3 Å². The van der Waals surface area contributed by atoms with Gasteiger partial charge in [0.05, 0.1) is 0 Å². The maximum atomic E-state index is 13.1. The molecule has 2 nitrogen and oxygen atoms in total. The summed E-state index contributed by atoms with van der Waals surface area (Å²) >= 11 is 0. The topological polar surface area (TPSA) is 38.0 Å². The standard InChI is InChI=1S/C12H16F2N2/c1-7(8-2-3-8)12(16-15)9-4-10(13)6-11(14)5-9/h4-8,12,16H,2-3,15H2,1H3. The molecular formula is C12H16F2N2. The second-order valence-corrected chi connectivity index (χ2v) is 4.54. The average Bonchev–Trinajstić information content (AvgIpc) is 2.99. The summed E-state index contributed by atoms with van der Waals surface area (Å²) < 4.78 is 26.2. The lowest BCUT2D eigenvalue weighted by molar-refractivity contribution is 0.352. The van der Waals surface area contributed by atoms with Gasteiger partial charge in [0, 0.05) is 12.1 Å². The molecule has 1 aliphatic rings. The highest BCUT2D eigenvalue weighted by Crippen LogP contribution is 2.42. The lowest BCUT2D eigenvalue weighted by Crippen LogP contribution is -2.33. The van der Waals surface area contributed by atoms with E-state index in [1.54, 1.807) is 0 Å². The molecule has 0 amide bonds. The van der Waals surface area contributed by atoms with Crippen molar-refractivity contribution in [2.24, 2.45) is 17.7 Å². The zero-order valence-corrected chi connectivity index (χ0v) is 9.21. The first-order valence-electron chi connectivity index (χ1n) is 5.54. The summed E-state index contributed by atoms with van der Waals surface area (Å²) in [4.78, 5) is 0. The highest BCUT2D eigenvalue weighted by atomic mass is 19.1. The van der Waals surface area contributed by atoms with Gasteiger partial charge in [0.25, 0.3) is 0 Å². The molecule has 0 radical (unpaired) electrons. The van der Waals surface area contributed by atoms with Crippen LogP contribution in [0.1, 0.15) is 31.4 Å². The Bertz CT molecular complexity index is 357. The quantitative estimate of drug-likeness (QED) is 0.611. The van der Waals surface area contributed by atoms with Crippen LogP contribution in [0.15, 0.2) is 18.2 Å². The van der Waals surface area contributed by atoms with Gasteiger partial charge in [0.2, 0.25) is 0 Å². The fourth-order valence-corrected chi connectivity index (χ4v) is 2.20. The van der Waals surface area contributed by atoms with Gasteiger partial charge in [-0.05, 0) is 42.4 Å². The highest BCUT2D eigenvalue weighted by molar-refractivity contribution is 5.22. The number of nitrogens with two attached hydrogens (primary N) is 1. The van der Waals surface area contributed by atoms with Gasteiger partial charge in [-0.15, -0.1) is 0 Å². The van der Waals surface area contributed by atoms with Crippen LogP contribution in [0, 0.1) is 23.5 Å². The molecule has 1 saturated carbocycles. The predicted octanol–water partition coefficient (Wildman–Crippen LogP) is 2.52. The zero-order chi connectivity index (χ0) is 11.7. The van der Waals surface area contributed by atoms with E-state index < -0.39 is 11.6 Å². The first-order chi connectivity index (χ1) is 7.61. The number of benzene rings is 1. The Labute approximate surface area is 93.8 Å². The Morgan fingerprint density at radius 1 is 1.25 bits per heavy atom. The summed E-state index contributed by atoms with van der Waals surface area (Å²) in [6.07, 6.45) is 2.36. The third kappa shape index (κ3) is 2.39. The molecule has 2 rings (SSSR count). The molecule has 16 heavy (non-hydrogen) atoms. The van der Waals surface area contributed by atoms with Crippen LogP contribution in [0.2, 0.25) is 0 Å². The van der Waals surface area contributed by atoms with E-state index in [1.165, 1.54) is 25.0 Å². The summed E-state index contributed by atoms with van der Waals surface area (Å²) in [6, 6.07) is 3.37. The molecule has 4 heteroatoms. The average molecular weight is 226 g/mol. The largest absolute Gasteiger partial charge is 0.271 e. The molecule has 2 unspecified atom stereocenters. The minimum absolute atomic E-state index is 0.183. The van der Waals surface area contributed by atoms with Crippen molar-refractivity contribution >= 4 is 0 Å². The molecule has 1 fully saturated rings. The number of hydrogen-bond acceptors (Lipinski definition) is 2. The van der Waals surface area contributed by atoms with Crippen LogP contribution >= 0.6 is 0 Å². The summed E-state index contributed by atoms with van der Waals surface area (Å²) in [5.74, 6) is 5.28. The number of halogens is 2. The maximum absolute atomic E-state index is 13.1. The molecule has 0 aromatic heterocycles. The van der Waals surface area contributed by atoms with Crippen molar-refractivity contribution in [1.29, 1.82) is 0 Å². The van der Waals surface area contributed by atoms with Crippen LogP contribution in [-0.4, -0.2) is 0 Å². The second-order valence-electron chi connectivity index (χ2n) is 4.54. The molecule has 0 spiro atoms. The second kappa shape index (κ2) is 4.47. The van der Waals surface area contributed by atoms with Gasteiger partial charge >= 0.3 is 0 Å². The van der Waals surface area contributed by atoms with Gasteiger partial charge in [-0.25, -0.2) is 8.78 Å². The lowest BCUT2D eigenvalue weighted by Gasteiger charge is -2.23. The number of rotatable bonds is 4. The van der Waals surface area contributed by atoms with E-state index in [0.29, 0.717) is 17.4 Å². The number of nitrogens with one attached hydrogen (secondary N) is 1. The van der Waals surface area contributed by atoms with E-state index >= 15 is 0 Å². The van der Waals surface area contributed by atoms with Gasteiger partial charge < -0.3 is 0 Å². The van der Waals surface area contributed by atoms with Crippen molar-refractivity contribution in [2.75, 3.05) is 0 Å². The SMILES string of the molecule is CC(C1CC1)C(NN)c1cc(F)cc(F)c1. The van der Waals surface area contributed by atoms with E-state index in [1.807, 2.05) is 0 Å². The van der Waals surface area contributed by atoms with Crippen molar-refractivity contribution in [3.8, 4) is 0 Å². The predicted molar refractivity (Wildman–Crippen MR) is 58.3 cm³/mol. The van der Waals surface area contributed by atoms with E-state index in [4.69, 9.17) is 5.84 Å². The molecule has 0 aliphatic heterocycles. The first kappa shape index (κ1) is 11.5. The summed E-state index contributed by atoms with van der Waals surface area (Å²) in [5, 5.41) is 0. The lowest BCUT2D eigenvalue weighted by atomic mass is 9.91. The van der Waals surface area contributed by atoms with E-state index in [9.17, 15) is 8.78 Å². The van der Waals surface area contributed by atoms with Crippen molar-refractivity contribution in [3.05, 3.63) is 35.4 Å². The van der Waals surface area contributed by atoms with Crippen LogP contribution in [0.3, 0.4) is 0 Å². The smallest absolute Gasteiger partial charge is 0.126 e. The molecule has 88 valence electrons. The normalized spacial score (nSPS) is 19.5. The fourth-order valence-electron chi connectivity index (χ4n) is 2.20. The maximum Gasteiger partial charge on any atom is 0.126 e. The van der Waals surface area contributed by atoms with Crippen LogP contribution in [0.4, 0.5) is 8.78 Å². The van der Waals surface area contributed by atoms with Crippen LogP contribution in [0.5, 0.6) is 0 Å². The molecule has 1 aromatic rings. The Balaban J connectivity index is 2.24. The third-order valence-electron chi connectivity index (χ3n) is 3.31. The molecular weight excluding hydrogens is 210 g/mol. The van der Waals surface area contributed by atoms with Gasteiger partial charge in [0.15, 0.2) is 0 Å². The van der Waals surface area contributed by atoms with Crippen LogP contribution in [-0.2, 0) is 0 Å². The van der Waals surface area contributed by atoms with Gasteiger partial charge in [0.1, 0.15) is 11.6 Å². The van der Waals surface area contributed by atoms with Crippen molar-refractivity contribution in [1.82, 2.24) is 5.43 Å². The molecule has 3 N–H and O–H groups in total. The molecule has 2 atom stereocenters. The highest BCUT2D eigenvalue weighted by Gasteiger charge is 2.33. The fraction of sp³-hybridized carbons (Fsp3) is 0.500. The molecule has 0 bridgehead atoms. The Hall–Kier alpha value is -1.00. The minimum Gasteiger partial charge on any atom is -0.271 e. The Kier molecular flexibility index (Phi) is 3.21. The molecule has 1 aliphatic carbocycles. The Morgan fingerprint density at radius 3 is 2.25 bits per heavy atom. The summed E-state index contributed by atoms with van der Waals surface area (Å²) in [7, 11) is 0. The van der Waals surface area contributed by atoms with Crippen molar-refractivity contribution < 1.29 is 8.78 Å². The molecule has 0 saturated heterocycles. The minimum atomic E-state index is -0.557. The van der Waals surface area contributed by atoms with Crippen LogP contribution < -0.4 is 11.3 Å². The Morgan fingerprint density at radius 2 is 1.81 bits per heavy atom. The summed E-state index contributed by atoms with van der Waals surface area (Å²) in [6.45, 7) is 2.06. The number of hydrazine groups is 1. The van der Waals surface area contributed by atoms with E-state index in [0.717, 1.165) is 6.07 Å². The molecule has 1 aromatic carbocycles. The zero-order valence-electron chi connectivity index (χ0n) is 9.21. The van der Waals surface area contributed by atoms with Gasteiger partial charge in [-0.2, -0.15) is 0 Å². The first-order valence-corrected chi connectivity index (χ1v) is 5.54.